The molecule has 1 aliphatic carbocycles. The largest absolute Gasteiger partial charge is 0.477 e. The Balaban J connectivity index is 1.52. The van der Waals surface area contributed by atoms with E-state index in [2.05, 4.69) is 10.4 Å². The number of rotatable bonds is 7. The van der Waals surface area contributed by atoms with Gasteiger partial charge in [-0.05, 0) is 19.8 Å². The number of nitrogens with one attached hydrogen (secondary N) is 1. The summed E-state index contributed by atoms with van der Waals surface area (Å²) in [6.45, 7) is 2.22. The lowest BCUT2D eigenvalue weighted by atomic mass is 10.0. The van der Waals surface area contributed by atoms with Crippen LogP contribution >= 0.6 is 23.4 Å². The van der Waals surface area contributed by atoms with Crippen LogP contribution in [0.5, 0.6) is 0 Å². The summed E-state index contributed by atoms with van der Waals surface area (Å²) >= 11 is 7.14. The van der Waals surface area contributed by atoms with Gasteiger partial charge in [0.1, 0.15) is 29.8 Å². The number of carbonyl (C=O) groups excluding carboxylic acids is 3. The number of hydrogen-bond donors (Lipinski definition) is 2. The summed E-state index contributed by atoms with van der Waals surface area (Å²) in [6.07, 6.45) is -3.56. The molecule has 10 nitrogen and oxygen atoms in total. The second kappa shape index (κ2) is 9.04. The number of thioether (sulfide) groups is 1. The van der Waals surface area contributed by atoms with Crippen molar-refractivity contribution in [2.24, 2.45) is 0 Å². The van der Waals surface area contributed by atoms with Crippen LogP contribution in [0.2, 0.25) is 5.02 Å². The van der Waals surface area contributed by atoms with Crippen molar-refractivity contribution in [1.29, 1.82) is 0 Å². The van der Waals surface area contributed by atoms with Crippen LogP contribution < -0.4 is 5.32 Å². The molecule has 1 aromatic rings. The molecule has 35 heavy (non-hydrogen) atoms. The SMILES string of the molecule is CC(=O)OCC1=C(C(=O)O)N2C(=O)[C@H](NC(=O)[C@@H](C)n3nc(C(F)(F)F)c(Cl)c3C3CC3)[C@H]2SC1. The first-order valence-corrected chi connectivity index (χ1v) is 11.9. The Hall–Kier alpha value is -2.74. The van der Waals surface area contributed by atoms with E-state index in [9.17, 15) is 37.5 Å². The number of carboxylic acid groups (broad SMARTS) is 1. The van der Waals surface area contributed by atoms with Crippen LogP contribution in [0.1, 0.15) is 50.0 Å². The first kappa shape index (κ1) is 25.4. The molecule has 3 heterocycles. The molecule has 0 radical (unpaired) electrons. The van der Waals surface area contributed by atoms with Gasteiger partial charge >= 0.3 is 18.1 Å². The summed E-state index contributed by atoms with van der Waals surface area (Å²) in [7, 11) is 0. The van der Waals surface area contributed by atoms with Gasteiger partial charge in [0, 0.05) is 24.2 Å². The van der Waals surface area contributed by atoms with Crippen molar-refractivity contribution in [3.8, 4) is 0 Å². The summed E-state index contributed by atoms with van der Waals surface area (Å²) in [6, 6.07) is -2.29. The minimum atomic E-state index is -4.80. The second-order valence-corrected chi connectivity index (χ2v) is 9.86. The second-order valence-electron chi connectivity index (χ2n) is 8.37. The molecule has 1 aromatic heterocycles. The van der Waals surface area contributed by atoms with Crippen molar-refractivity contribution in [3.63, 3.8) is 0 Å². The first-order valence-electron chi connectivity index (χ1n) is 10.5. The van der Waals surface area contributed by atoms with Crippen molar-refractivity contribution in [1.82, 2.24) is 20.0 Å². The highest BCUT2D eigenvalue weighted by Crippen LogP contribution is 2.48. The smallest absolute Gasteiger partial charge is 0.436 e. The molecule has 0 bridgehead atoms. The Labute approximate surface area is 205 Å². The van der Waals surface area contributed by atoms with Gasteiger partial charge in [0.2, 0.25) is 5.91 Å². The van der Waals surface area contributed by atoms with E-state index < -0.39 is 58.1 Å². The van der Waals surface area contributed by atoms with Gasteiger partial charge in [-0.15, -0.1) is 11.8 Å². The number of carboxylic acids is 1. The number of β-lactam (4-membered cyclic amide) rings is 1. The fourth-order valence-electron chi connectivity index (χ4n) is 3.99. The number of fused-ring (bicyclic) bond motifs is 1. The van der Waals surface area contributed by atoms with E-state index in [0.717, 1.165) is 9.58 Å². The summed E-state index contributed by atoms with van der Waals surface area (Å²) in [5, 5.41) is 14.4. The maximum atomic E-state index is 13.3. The Bertz CT molecular complexity index is 1150. The van der Waals surface area contributed by atoms with Crippen LogP contribution in [0.25, 0.3) is 0 Å². The van der Waals surface area contributed by atoms with Gasteiger partial charge in [-0.2, -0.15) is 18.3 Å². The number of alkyl halides is 3. The highest BCUT2D eigenvalue weighted by Gasteiger charge is 2.54. The molecule has 2 fully saturated rings. The number of halogens is 4. The molecule has 2 amide bonds. The molecular formula is C20H20ClF3N4O6S. The van der Waals surface area contributed by atoms with E-state index in [1.807, 2.05) is 0 Å². The molecule has 1 saturated carbocycles. The van der Waals surface area contributed by atoms with Crippen LogP contribution in [0.3, 0.4) is 0 Å². The molecule has 1 saturated heterocycles. The van der Waals surface area contributed by atoms with Gasteiger partial charge in [-0.1, -0.05) is 11.6 Å². The maximum absolute atomic E-state index is 13.3. The fraction of sp³-hybridized carbons (Fsp3) is 0.550. The number of amides is 2. The van der Waals surface area contributed by atoms with Gasteiger partial charge in [0.15, 0.2) is 5.69 Å². The number of ether oxygens (including phenoxy) is 1. The lowest BCUT2D eigenvalue weighted by Crippen LogP contribution is -2.71. The van der Waals surface area contributed by atoms with Crippen LogP contribution in [-0.2, 0) is 30.1 Å². The van der Waals surface area contributed by atoms with E-state index in [1.54, 1.807) is 0 Å². The van der Waals surface area contributed by atoms with Crippen molar-refractivity contribution in [2.75, 3.05) is 12.4 Å². The number of aromatic nitrogens is 2. The first-order chi connectivity index (χ1) is 16.3. The number of aliphatic carboxylic acids is 1. The van der Waals surface area contributed by atoms with Gasteiger partial charge in [-0.3, -0.25) is 24.0 Å². The highest BCUT2D eigenvalue weighted by atomic mass is 35.5. The highest BCUT2D eigenvalue weighted by molar-refractivity contribution is 8.00. The van der Waals surface area contributed by atoms with Crippen molar-refractivity contribution < 1.29 is 42.2 Å². The molecule has 190 valence electrons. The molecule has 4 rings (SSSR count). The van der Waals surface area contributed by atoms with E-state index in [4.69, 9.17) is 16.3 Å². The third kappa shape index (κ3) is 4.60. The Morgan fingerprint density at radius 1 is 1.34 bits per heavy atom. The molecule has 0 unspecified atom stereocenters. The molecule has 0 aromatic carbocycles. The van der Waals surface area contributed by atoms with Gasteiger partial charge in [0.25, 0.3) is 5.91 Å². The summed E-state index contributed by atoms with van der Waals surface area (Å²) in [5.74, 6) is -3.55. The zero-order valence-corrected chi connectivity index (χ0v) is 20.0. The zero-order valence-electron chi connectivity index (χ0n) is 18.4. The normalized spacial score (nSPS) is 22.9. The average molecular weight is 537 g/mol. The predicted molar refractivity (Wildman–Crippen MR) is 115 cm³/mol. The molecule has 0 spiro atoms. The number of hydrogen-bond acceptors (Lipinski definition) is 7. The number of carbonyl (C=O) groups is 4. The van der Waals surface area contributed by atoms with Crippen molar-refractivity contribution in [3.05, 3.63) is 27.7 Å². The van der Waals surface area contributed by atoms with E-state index in [1.165, 1.54) is 25.6 Å². The van der Waals surface area contributed by atoms with E-state index in [-0.39, 0.29) is 35.2 Å². The van der Waals surface area contributed by atoms with Gasteiger partial charge in [0.05, 0.1) is 10.7 Å². The molecule has 2 aliphatic heterocycles. The average Bonchev–Trinajstić information content (AvgIpc) is 3.54. The third-order valence-corrected chi connectivity index (χ3v) is 7.58. The van der Waals surface area contributed by atoms with Crippen molar-refractivity contribution >= 4 is 47.1 Å². The Kier molecular flexibility index (Phi) is 6.55. The summed E-state index contributed by atoms with van der Waals surface area (Å²) < 4.78 is 45.8. The lowest BCUT2D eigenvalue weighted by Gasteiger charge is -2.49. The monoisotopic (exact) mass is 536 g/mol. The minimum absolute atomic E-state index is 0.126. The Morgan fingerprint density at radius 3 is 2.54 bits per heavy atom. The quantitative estimate of drug-likeness (QED) is 0.401. The van der Waals surface area contributed by atoms with Crippen LogP contribution in [0.4, 0.5) is 13.2 Å². The zero-order chi connectivity index (χ0) is 25.8. The fourth-order valence-corrected chi connectivity index (χ4v) is 5.71. The van der Waals surface area contributed by atoms with Crippen molar-refractivity contribution in [2.45, 2.75) is 56.2 Å². The molecule has 3 atom stereocenters. The van der Waals surface area contributed by atoms with Gasteiger partial charge < -0.3 is 15.2 Å². The molecule has 2 N–H and O–H groups in total. The summed E-state index contributed by atoms with van der Waals surface area (Å²) in [5.41, 5.74) is -1.23. The minimum Gasteiger partial charge on any atom is -0.477 e. The van der Waals surface area contributed by atoms with Crippen LogP contribution in [0, 0.1) is 0 Å². The third-order valence-electron chi connectivity index (χ3n) is 5.86. The van der Waals surface area contributed by atoms with Crippen LogP contribution in [0.15, 0.2) is 11.3 Å². The van der Waals surface area contributed by atoms with E-state index in [0.29, 0.717) is 12.8 Å². The summed E-state index contributed by atoms with van der Waals surface area (Å²) in [4.78, 5) is 49.6. The lowest BCUT2D eigenvalue weighted by molar-refractivity contribution is -0.151. The molecular weight excluding hydrogens is 517 g/mol. The standard InChI is InChI=1S/C20H20ClF3N4O6S/c1-7(28-13(9-3-4-9)11(21)15(26-28)20(22,23)24)16(30)25-12-17(31)27-14(19(32)33)10(5-34-8(2)29)6-35-18(12)27/h7,9,12,18H,3-6H2,1-2H3,(H,25,30)(H,32,33)/t7-,12+,18-/m1/s1. The Morgan fingerprint density at radius 2 is 2.00 bits per heavy atom. The molecule has 3 aliphatic rings. The number of nitrogens with zero attached hydrogens (tertiary/aromatic N) is 3. The topological polar surface area (TPSA) is 131 Å². The van der Waals surface area contributed by atoms with E-state index >= 15 is 0 Å². The van der Waals surface area contributed by atoms with Gasteiger partial charge in [-0.25, -0.2) is 4.79 Å². The molecule has 15 heteroatoms. The predicted octanol–water partition coefficient (Wildman–Crippen LogP) is 2.30. The number of esters is 1. The van der Waals surface area contributed by atoms with Crippen LogP contribution in [-0.4, -0.2) is 67.3 Å². The maximum Gasteiger partial charge on any atom is 0.436 e.